The van der Waals surface area contributed by atoms with Crippen LogP contribution in [0.4, 0.5) is 13.2 Å². The van der Waals surface area contributed by atoms with Gasteiger partial charge in [-0.1, -0.05) is 30.3 Å². The number of aliphatic imine (C=N–C) groups is 1. The fourth-order valence-corrected chi connectivity index (χ4v) is 4.46. The Balaban J connectivity index is 1.95. The van der Waals surface area contributed by atoms with Gasteiger partial charge in [-0.25, -0.2) is 13.4 Å². The van der Waals surface area contributed by atoms with Gasteiger partial charge < -0.3 is 4.74 Å². The molecule has 0 N–H and O–H groups in total. The first-order chi connectivity index (χ1) is 11.7. The first kappa shape index (κ1) is 17.5. The van der Waals surface area contributed by atoms with Gasteiger partial charge in [0.2, 0.25) is 9.84 Å². The summed E-state index contributed by atoms with van der Waals surface area (Å²) in [7, 11) is -3.85. The van der Waals surface area contributed by atoms with Crippen LogP contribution in [0, 0.1) is 6.92 Å². The average molecular weight is 369 g/mol. The second-order valence-corrected chi connectivity index (χ2v) is 7.64. The zero-order valence-electron chi connectivity index (χ0n) is 13.1. The maximum absolute atomic E-state index is 12.9. The molecule has 132 valence electrons. The second-order valence-electron chi connectivity index (χ2n) is 5.63. The van der Waals surface area contributed by atoms with Gasteiger partial charge in [-0.3, -0.25) is 0 Å². The Morgan fingerprint density at radius 2 is 1.68 bits per heavy atom. The molecule has 2 aromatic rings. The maximum Gasteiger partial charge on any atom is 0.416 e. The van der Waals surface area contributed by atoms with Gasteiger partial charge in [0, 0.05) is 0 Å². The highest BCUT2D eigenvalue weighted by molar-refractivity contribution is 7.92. The molecule has 1 heterocycles. The smallest absolute Gasteiger partial charge is 0.416 e. The number of rotatable bonds is 3. The Morgan fingerprint density at radius 3 is 2.28 bits per heavy atom. The number of sulfone groups is 1. The van der Waals surface area contributed by atoms with E-state index in [2.05, 4.69) is 4.99 Å². The van der Waals surface area contributed by atoms with E-state index in [1.54, 1.807) is 25.1 Å². The molecule has 0 spiro atoms. The Labute approximate surface area is 142 Å². The predicted molar refractivity (Wildman–Crippen MR) is 85.9 cm³/mol. The molecule has 2 aromatic carbocycles. The number of alkyl halides is 3. The van der Waals surface area contributed by atoms with Crippen molar-refractivity contribution in [1.29, 1.82) is 0 Å². The predicted octanol–water partition coefficient (Wildman–Crippen LogP) is 3.91. The van der Waals surface area contributed by atoms with E-state index in [9.17, 15) is 21.6 Å². The van der Waals surface area contributed by atoms with Gasteiger partial charge in [0.05, 0.1) is 10.5 Å². The van der Waals surface area contributed by atoms with Gasteiger partial charge in [0.25, 0.3) is 0 Å². The van der Waals surface area contributed by atoms with Crippen LogP contribution >= 0.6 is 0 Å². The number of nitrogens with zero attached hydrogens (tertiary/aromatic N) is 1. The average Bonchev–Trinajstić information content (AvgIpc) is 3.05. The highest BCUT2D eigenvalue weighted by atomic mass is 32.2. The van der Waals surface area contributed by atoms with Gasteiger partial charge in [-0.2, -0.15) is 13.2 Å². The van der Waals surface area contributed by atoms with E-state index in [-0.39, 0.29) is 4.90 Å². The number of benzene rings is 2. The molecule has 8 heteroatoms. The van der Waals surface area contributed by atoms with Crippen LogP contribution in [0.25, 0.3) is 0 Å². The van der Waals surface area contributed by atoms with E-state index in [1.165, 1.54) is 18.2 Å². The topological polar surface area (TPSA) is 55.7 Å². The van der Waals surface area contributed by atoms with Crippen LogP contribution in [0.3, 0.4) is 0 Å². The van der Waals surface area contributed by atoms with Gasteiger partial charge in [-0.15, -0.1) is 0 Å². The van der Waals surface area contributed by atoms with Crippen molar-refractivity contribution < 1.29 is 26.3 Å². The summed E-state index contributed by atoms with van der Waals surface area (Å²) in [5, 5.41) is -1.25. The zero-order valence-corrected chi connectivity index (χ0v) is 13.9. The van der Waals surface area contributed by atoms with Crippen molar-refractivity contribution in [3.05, 3.63) is 65.2 Å². The fraction of sp³-hybridized carbons (Fsp3) is 0.235. The van der Waals surface area contributed by atoms with E-state index in [1.807, 2.05) is 0 Å². The third-order valence-corrected chi connectivity index (χ3v) is 6.03. The first-order valence-corrected chi connectivity index (χ1v) is 8.89. The molecule has 0 amide bonds. The van der Waals surface area contributed by atoms with Crippen LogP contribution in [0.2, 0.25) is 0 Å². The molecule has 0 saturated carbocycles. The summed E-state index contributed by atoms with van der Waals surface area (Å²) < 4.78 is 69.1. The molecule has 0 unspecified atom stereocenters. The molecule has 3 rings (SSSR count). The van der Waals surface area contributed by atoms with Crippen molar-refractivity contribution in [3.8, 4) is 0 Å². The van der Waals surface area contributed by atoms with Crippen molar-refractivity contribution in [1.82, 2.24) is 0 Å². The molecule has 4 nitrogen and oxygen atoms in total. The van der Waals surface area contributed by atoms with Crippen LogP contribution in [-0.4, -0.2) is 20.2 Å². The number of aryl methyl sites for hydroxylation is 1. The van der Waals surface area contributed by atoms with E-state index in [4.69, 9.17) is 4.74 Å². The fourth-order valence-electron chi connectivity index (χ4n) is 2.66. The van der Waals surface area contributed by atoms with E-state index in [0.29, 0.717) is 11.1 Å². The van der Waals surface area contributed by atoms with Gasteiger partial charge in [0.1, 0.15) is 0 Å². The lowest BCUT2D eigenvalue weighted by atomic mass is 10.1. The molecule has 0 bridgehead atoms. The Morgan fingerprint density at radius 1 is 1.04 bits per heavy atom. The molecule has 0 radical (unpaired) electrons. The molecule has 1 aliphatic rings. The summed E-state index contributed by atoms with van der Waals surface area (Å²) in [5.74, 6) is 0. The first-order valence-electron chi connectivity index (χ1n) is 7.35. The summed E-state index contributed by atoms with van der Waals surface area (Å²) >= 11 is 0. The molecule has 0 aromatic heterocycles. The largest absolute Gasteiger partial charge is 0.472 e. The molecule has 1 aliphatic heterocycles. The third kappa shape index (κ3) is 3.26. The molecular weight excluding hydrogens is 355 g/mol. The molecule has 2 atom stereocenters. The normalized spacial score (nSPS) is 20.5. The van der Waals surface area contributed by atoms with Crippen LogP contribution < -0.4 is 0 Å². The molecule has 0 saturated heterocycles. The Hall–Kier alpha value is -2.35. The second kappa shape index (κ2) is 6.18. The van der Waals surface area contributed by atoms with Gasteiger partial charge >= 0.3 is 6.18 Å². The van der Waals surface area contributed by atoms with Crippen molar-refractivity contribution in [2.24, 2.45) is 4.99 Å². The van der Waals surface area contributed by atoms with Crippen molar-refractivity contribution in [2.45, 2.75) is 29.5 Å². The van der Waals surface area contributed by atoms with Crippen LogP contribution in [-0.2, 0) is 20.8 Å². The summed E-state index contributed by atoms with van der Waals surface area (Å²) in [6.07, 6.45) is -4.42. The van der Waals surface area contributed by atoms with Crippen LogP contribution in [0.1, 0.15) is 22.8 Å². The number of halogens is 3. The van der Waals surface area contributed by atoms with E-state index < -0.39 is 33.1 Å². The number of hydrogen-bond acceptors (Lipinski definition) is 4. The van der Waals surface area contributed by atoms with Gasteiger partial charge in [0.15, 0.2) is 17.9 Å². The van der Waals surface area contributed by atoms with Crippen molar-refractivity contribution in [3.63, 3.8) is 0 Å². The summed E-state index contributed by atoms with van der Waals surface area (Å²) in [5.41, 5.74) is 0.0666. The minimum absolute atomic E-state index is 0.125. The maximum atomic E-state index is 12.9. The standard InChI is InChI=1S/C17H14F3NO3S/c1-11-4-2-3-5-14(11)25(22,23)16-15(24-10-21-16)12-6-8-13(9-7-12)17(18,19)20/h2-10,15-16H,1H3/t15-,16-/m1/s1. The molecule has 0 aliphatic carbocycles. The SMILES string of the molecule is Cc1ccccc1S(=O)(=O)[C@H]1N=CO[C@@H]1c1ccc(C(F)(F)F)cc1. The van der Waals surface area contributed by atoms with Crippen molar-refractivity contribution in [2.75, 3.05) is 0 Å². The molecule has 0 fully saturated rings. The zero-order chi connectivity index (χ0) is 18.2. The Kier molecular flexibility index (Phi) is 4.32. The monoisotopic (exact) mass is 369 g/mol. The van der Waals surface area contributed by atoms with E-state index >= 15 is 0 Å². The van der Waals surface area contributed by atoms with Crippen LogP contribution in [0.5, 0.6) is 0 Å². The highest BCUT2D eigenvalue weighted by Gasteiger charge is 2.40. The third-order valence-electron chi connectivity index (χ3n) is 3.96. The molecular formula is C17H14F3NO3S. The van der Waals surface area contributed by atoms with E-state index in [0.717, 1.165) is 18.5 Å². The lowest BCUT2D eigenvalue weighted by Crippen LogP contribution is -2.25. The molecule has 25 heavy (non-hydrogen) atoms. The summed E-state index contributed by atoms with van der Waals surface area (Å²) in [4.78, 5) is 4.02. The number of ether oxygens (including phenoxy) is 1. The Bertz CT molecular complexity index is 905. The minimum atomic E-state index is -4.46. The lowest BCUT2D eigenvalue weighted by Gasteiger charge is -2.19. The minimum Gasteiger partial charge on any atom is -0.472 e. The van der Waals surface area contributed by atoms with Gasteiger partial charge in [-0.05, 0) is 36.2 Å². The summed E-state index contributed by atoms with van der Waals surface area (Å²) in [6.45, 7) is 1.67. The quantitative estimate of drug-likeness (QED) is 0.824. The van der Waals surface area contributed by atoms with Crippen LogP contribution in [0.15, 0.2) is 58.4 Å². The number of hydrogen-bond donors (Lipinski definition) is 0. The van der Waals surface area contributed by atoms with Crippen molar-refractivity contribution >= 4 is 16.2 Å². The highest BCUT2D eigenvalue weighted by Crippen LogP contribution is 2.36. The summed E-state index contributed by atoms with van der Waals surface area (Å²) in [6, 6.07) is 10.7. The lowest BCUT2D eigenvalue weighted by molar-refractivity contribution is -0.137.